The van der Waals surface area contributed by atoms with Gasteiger partial charge < -0.3 is 15.2 Å². The van der Waals surface area contributed by atoms with Crippen LogP contribution in [0.15, 0.2) is 90.3 Å². The SMILES string of the molecule is COc1ccc(-c2cc(-c3ccccc3)nc3sc(C(=O)Nc4nc(-c5ccccc5OC)cs4)c(N)c23)cc1. The van der Waals surface area contributed by atoms with E-state index < -0.39 is 0 Å². The van der Waals surface area contributed by atoms with E-state index in [2.05, 4.69) is 10.3 Å². The van der Waals surface area contributed by atoms with Gasteiger partial charge >= 0.3 is 0 Å². The van der Waals surface area contributed by atoms with E-state index in [9.17, 15) is 4.79 Å². The number of nitrogens with zero attached hydrogens (tertiary/aromatic N) is 2. The fourth-order valence-corrected chi connectivity index (χ4v) is 6.23. The quantitative estimate of drug-likeness (QED) is 0.207. The van der Waals surface area contributed by atoms with Gasteiger partial charge in [0.1, 0.15) is 21.2 Å². The smallest absolute Gasteiger partial charge is 0.269 e. The first-order valence-electron chi connectivity index (χ1n) is 12.4. The van der Waals surface area contributed by atoms with Crippen LogP contribution in [0.4, 0.5) is 10.8 Å². The molecule has 0 atom stereocenters. The number of methoxy groups -OCH3 is 2. The van der Waals surface area contributed by atoms with Crippen LogP contribution < -0.4 is 20.5 Å². The van der Waals surface area contributed by atoms with E-state index in [0.29, 0.717) is 26.3 Å². The molecule has 40 heavy (non-hydrogen) atoms. The topological polar surface area (TPSA) is 99.4 Å². The molecule has 0 fully saturated rings. The lowest BCUT2D eigenvalue weighted by Crippen LogP contribution is -2.11. The maximum absolute atomic E-state index is 13.5. The second kappa shape index (κ2) is 10.8. The van der Waals surface area contributed by atoms with Crippen LogP contribution in [0.25, 0.3) is 43.9 Å². The Morgan fingerprint density at radius 3 is 2.33 bits per heavy atom. The summed E-state index contributed by atoms with van der Waals surface area (Å²) in [5.74, 6) is 1.14. The van der Waals surface area contributed by atoms with Crippen molar-refractivity contribution in [1.29, 1.82) is 0 Å². The number of benzene rings is 3. The molecule has 9 heteroatoms. The lowest BCUT2D eigenvalue weighted by atomic mass is 9.99. The van der Waals surface area contributed by atoms with E-state index in [1.165, 1.54) is 22.7 Å². The van der Waals surface area contributed by atoms with Crippen molar-refractivity contribution in [3.8, 4) is 45.1 Å². The number of ether oxygens (including phenoxy) is 2. The third-order valence-corrected chi connectivity index (χ3v) is 8.34. The summed E-state index contributed by atoms with van der Waals surface area (Å²) in [6, 6.07) is 27.4. The molecular weight excluding hydrogens is 541 g/mol. The molecule has 3 aromatic heterocycles. The molecule has 0 bridgehead atoms. The summed E-state index contributed by atoms with van der Waals surface area (Å²) in [5.41, 5.74) is 12.2. The minimum atomic E-state index is -0.330. The van der Waals surface area contributed by atoms with Crippen LogP contribution in [0.2, 0.25) is 0 Å². The fraction of sp³-hybridized carbons (Fsp3) is 0.0645. The van der Waals surface area contributed by atoms with Crippen molar-refractivity contribution in [3.63, 3.8) is 0 Å². The van der Waals surface area contributed by atoms with E-state index >= 15 is 0 Å². The van der Waals surface area contributed by atoms with E-state index in [4.69, 9.17) is 20.2 Å². The molecule has 6 rings (SSSR count). The van der Waals surface area contributed by atoms with Gasteiger partial charge in [0.25, 0.3) is 5.91 Å². The predicted octanol–water partition coefficient (Wildman–Crippen LogP) is 7.61. The summed E-state index contributed by atoms with van der Waals surface area (Å²) in [4.78, 5) is 24.1. The van der Waals surface area contributed by atoms with Gasteiger partial charge in [-0.05, 0) is 41.5 Å². The summed E-state index contributed by atoms with van der Waals surface area (Å²) in [7, 11) is 3.26. The predicted molar refractivity (Wildman–Crippen MR) is 164 cm³/mol. The van der Waals surface area contributed by atoms with Gasteiger partial charge in [0, 0.05) is 21.9 Å². The summed E-state index contributed by atoms with van der Waals surface area (Å²) >= 11 is 2.61. The van der Waals surface area contributed by atoms with Gasteiger partial charge in [0.15, 0.2) is 5.13 Å². The number of thiophene rings is 1. The van der Waals surface area contributed by atoms with Gasteiger partial charge in [-0.2, -0.15) is 0 Å². The molecule has 3 heterocycles. The van der Waals surface area contributed by atoms with E-state index in [1.807, 2.05) is 90.3 Å². The van der Waals surface area contributed by atoms with Crippen LogP contribution in [0, 0.1) is 0 Å². The van der Waals surface area contributed by atoms with Crippen molar-refractivity contribution in [2.24, 2.45) is 0 Å². The Kier molecular flexibility index (Phi) is 6.90. The Morgan fingerprint density at radius 1 is 0.825 bits per heavy atom. The average molecular weight is 565 g/mol. The number of hydrogen-bond donors (Lipinski definition) is 2. The van der Waals surface area contributed by atoms with Gasteiger partial charge in [-0.3, -0.25) is 10.1 Å². The van der Waals surface area contributed by atoms with Crippen LogP contribution in [-0.2, 0) is 0 Å². The highest BCUT2D eigenvalue weighted by atomic mass is 32.1. The first-order chi connectivity index (χ1) is 19.6. The molecule has 0 aliphatic rings. The standard InChI is InChI=1S/C31H24N4O3S2/c1-37-20-14-12-18(13-15-20)22-16-23(19-8-4-3-5-9-19)33-30-26(22)27(32)28(40-30)29(36)35-31-34-24(17-39-31)21-10-6-7-11-25(21)38-2/h3-17H,32H2,1-2H3,(H,34,35,36). The maximum Gasteiger partial charge on any atom is 0.269 e. The molecule has 3 aromatic carbocycles. The number of carbonyl (C=O) groups is 1. The molecular formula is C31H24N4O3S2. The summed E-state index contributed by atoms with van der Waals surface area (Å²) in [6.07, 6.45) is 0. The Balaban J connectivity index is 1.40. The number of aromatic nitrogens is 2. The fourth-order valence-electron chi connectivity index (χ4n) is 4.51. The second-order valence-corrected chi connectivity index (χ2v) is 10.7. The molecule has 1 amide bonds. The molecule has 6 aromatic rings. The highest BCUT2D eigenvalue weighted by molar-refractivity contribution is 7.21. The molecule has 0 radical (unpaired) electrons. The Hall–Kier alpha value is -4.73. The molecule has 7 nitrogen and oxygen atoms in total. The highest BCUT2D eigenvalue weighted by Crippen LogP contribution is 2.42. The van der Waals surface area contributed by atoms with Crippen molar-refractivity contribution in [3.05, 3.63) is 95.2 Å². The van der Waals surface area contributed by atoms with Crippen molar-refractivity contribution in [2.45, 2.75) is 0 Å². The van der Waals surface area contributed by atoms with E-state index in [0.717, 1.165) is 44.8 Å². The minimum Gasteiger partial charge on any atom is -0.497 e. The monoisotopic (exact) mass is 564 g/mol. The van der Waals surface area contributed by atoms with Gasteiger partial charge in [0.05, 0.1) is 31.3 Å². The minimum absolute atomic E-state index is 0.330. The number of hydrogen-bond acceptors (Lipinski definition) is 8. The summed E-state index contributed by atoms with van der Waals surface area (Å²) in [6.45, 7) is 0. The Bertz CT molecular complexity index is 1830. The van der Waals surface area contributed by atoms with Crippen LogP contribution in [0.1, 0.15) is 9.67 Å². The average Bonchev–Trinajstić information content (AvgIpc) is 3.61. The van der Waals surface area contributed by atoms with E-state index in [1.54, 1.807) is 14.2 Å². The second-order valence-electron chi connectivity index (χ2n) is 8.87. The van der Waals surface area contributed by atoms with E-state index in [-0.39, 0.29) is 5.91 Å². The molecule has 0 saturated heterocycles. The number of rotatable bonds is 7. The third-order valence-electron chi connectivity index (χ3n) is 6.48. The zero-order valence-electron chi connectivity index (χ0n) is 21.7. The third kappa shape index (κ3) is 4.76. The van der Waals surface area contributed by atoms with Gasteiger partial charge in [-0.1, -0.05) is 54.6 Å². The number of fused-ring (bicyclic) bond motifs is 1. The number of amides is 1. The largest absolute Gasteiger partial charge is 0.497 e. The van der Waals surface area contributed by atoms with Gasteiger partial charge in [-0.25, -0.2) is 9.97 Å². The summed E-state index contributed by atoms with van der Waals surface area (Å²) in [5, 5.41) is 6.02. The molecule has 198 valence electrons. The normalized spacial score (nSPS) is 10.9. The first kappa shape index (κ1) is 25.5. The number of nitrogens with one attached hydrogen (secondary N) is 1. The number of para-hydroxylation sites is 1. The first-order valence-corrected chi connectivity index (χ1v) is 14.1. The number of carbonyl (C=O) groups excluding carboxylic acids is 1. The Morgan fingerprint density at radius 2 is 1.57 bits per heavy atom. The van der Waals surface area contributed by atoms with Crippen LogP contribution in [0.5, 0.6) is 11.5 Å². The van der Waals surface area contributed by atoms with Crippen molar-refractivity contribution < 1.29 is 14.3 Å². The number of pyridine rings is 1. The van der Waals surface area contributed by atoms with Crippen LogP contribution in [-0.4, -0.2) is 30.1 Å². The summed E-state index contributed by atoms with van der Waals surface area (Å²) < 4.78 is 10.8. The van der Waals surface area contributed by atoms with Crippen molar-refractivity contribution in [2.75, 3.05) is 25.3 Å². The van der Waals surface area contributed by atoms with Crippen molar-refractivity contribution >= 4 is 49.6 Å². The molecule has 0 spiro atoms. The zero-order valence-corrected chi connectivity index (χ0v) is 23.3. The number of nitrogens with two attached hydrogens (primary N) is 1. The lowest BCUT2D eigenvalue weighted by Gasteiger charge is -2.09. The van der Waals surface area contributed by atoms with Gasteiger partial charge in [0.2, 0.25) is 0 Å². The maximum atomic E-state index is 13.5. The Labute approximate surface area is 238 Å². The molecule has 0 unspecified atom stereocenters. The lowest BCUT2D eigenvalue weighted by molar-refractivity contribution is 0.103. The molecule has 3 N–H and O–H groups in total. The number of thiazole rings is 1. The highest BCUT2D eigenvalue weighted by Gasteiger charge is 2.23. The van der Waals surface area contributed by atoms with Crippen LogP contribution >= 0.6 is 22.7 Å². The molecule has 0 saturated carbocycles. The number of nitrogen functional groups attached to an aromatic ring is 1. The van der Waals surface area contributed by atoms with Gasteiger partial charge in [-0.15, -0.1) is 22.7 Å². The van der Waals surface area contributed by atoms with Crippen LogP contribution in [0.3, 0.4) is 0 Å². The van der Waals surface area contributed by atoms with Crippen molar-refractivity contribution in [1.82, 2.24) is 9.97 Å². The number of anilines is 2. The molecule has 0 aliphatic carbocycles. The zero-order chi connectivity index (χ0) is 27.6. The molecule has 0 aliphatic heterocycles.